The number of hydrogen-bond donors (Lipinski definition) is 1. The maximum absolute atomic E-state index is 5.88. The molecule has 3 nitrogen and oxygen atoms in total. The van der Waals surface area contributed by atoms with Gasteiger partial charge in [0, 0.05) is 7.05 Å². The summed E-state index contributed by atoms with van der Waals surface area (Å²) in [7, 11) is 1.92. The smallest absolute Gasteiger partial charge is 0.101 e. The van der Waals surface area contributed by atoms with Crippen LogP contribution in [0, 0.1) is 0 Å². The average molecular weight is 207 g/mol. The Morgan fingerprint density at radius 3 is 2.93 bits per heavy atom. The monoisotopic (exact) mass is 207 g/mol. The van der Waals surface area contributed by atoms with E-state index in [2.05, 4.69) is 23.5 Å². The van der Waals surface area contributed by atoms with Crippen LogP contribution in [0.25, 0.3) is 10.6 Å². The van der Waals surface area contributed by atoms with E-state index in [1.165, 1.54) is 10.4 Å². The topological polar surface area (TPSA) is 43.8 Å². The van der Waals surface area contributed by atoms with E-state index in [0.717, 1.165) is 17.8 Å². The molecule has 0 amide bonds. The van der Waals surface area contributed by atoms with Crippen LogP contribution in [0.2, 0.25) is 0 Å². The van der Waals surface area contributed by atoms with Crippen molar-refractivity contribution >= 4 is 17.0 Å². The zero-order valence-electron chi connectivity index (χ0n) is 8.32. The highest BCUT2D eigenvalue weighted by atomic mass is 32.1. The Bertz CT molecular complexity index is 422. The van der Waals surface area contributed by atoms with Crippen LogP contribution in [0.15, 0.2) is 17.6 Å². The van der Waals surface area contributed by atoms with Gasteiger partial charge >= 0.3 is 0 Å². The van der Waals surface area contributed by atoms with Crippen molar-refractivity contribution in [2.75, 3.05) is 5.73 Å². The summed E-state index contributed by atoms with van der Waals surface area (Å²) >= 11 is 1.72. The molecule has 2 rings (SSSR count). The minimum Gasteiger partial charge on any atom is -0.396 e. The highest BCUT2D eigenvalue weighted by Gasteiger charge is 2.12. The summed E-state index contributed by atoms with van der Waals surface area (Å²) in [6, 6.07) is 2.15. The van der Waals surface area contributed by atoms with Crippen molar-refractivity contribution in [3.63, 3.8) is 0 Å². The summed E-state index contributed by atoms with van der Waals surface area (Å²) in [6.45, 7) is 2.15. The molecule has 0 aliphatic rings. The van der Waals surface area contributed by atoms with Gasteiger partial charge in [-0.1, -0.05) is 6.92 Å². The number of rotatable bonds is 2. The van der Waals surface area contributed by atoms with Gasteiger partial charge in [0.1, 0.15) is 5.69 Å². The first kappa shape index (κ1) is 9.27. The molecule has 0 unspecified atom stereocenters. The molecule has 0 radical (unpaired) electrons. The molecule has 0 atom stereocenters. The number of nitrogen functional groups attached to an aromatic ring is 1. The molecule has 2 aromatic rings. The van der Waals surface area contributed by atoms with Crippen molar-refractivity contribution in [3.8, 4) is 10.6 Å². The van der Waals surface area contributed by atoms with Crippen LogP contribution in [0.1, 0.15) is 12.5 Å². The van der Waals surface area contributed by atoms with Gasteiger partial charge in [-0.05, 0) is 23.4 Å². The van der Waals surface area contributed by atoms with E-state index in [-0.39, 0.29) is 0 Å². The third-order valence-corrected chi connectivity index (χ3v) is 3.27. The van der Waals surface area contributed by atoms with Gasteiger partial charge in [0.05, 0.1) is 16.8 Å². The van der Waals surface area contributed by atoms with Crippen LogP contribution >= 0.6 is 11.3 Å². The quantitative estimate of drug-likeness (QED) is 0.821. The van der Waals surface area contributed by atoms with E-state index < -0.39 is 0 Å². The molecular formula is C10H13N3S. The molecule has 14 heavy (non-hydrogen) atoms. The van der Waals surface area contributed by atoms with Gasteiger partial charge in [0.25, 0.3) is 0 Å². The fraction of sp³-hybridized carbons (Fsp3) is 0.300. The van der Waals surface area contributed by atoms with Crippen LogP contribution in [0.5, 0.6) is 0 Å². The molecule has 0 aliphatic carbocycles. The second-order valence-electron chi connectivity index (χ2n) is 3.20. The Morgan fingerprint density at radius 1 is 1.57 bits per heavy atom. The van der Waals surface area contributed by atoms with Crippen molar-refractivity contribution in [2.45, 2.75) is 13.3 Å². The van der Waals surface area contributed by atoms with E-state index in [4.69, 9.17) is 5.73 Å². The van der Waals surface area contributed by atoms with Crippen molar-refractivity contribution < 1.29 is 0 Å². The zero-order chi connectivity index (χ0) is 10.1. The lowest BCUT2D eigenvalue weighted by atomic mass is 10.1. The molecule has 0 aliphatic heterocycles. The number of thiophene rings is 1. The highest BCUT2D eigenvalue weighted by molar-refractivity contribution is 7.13. The SMILES string of the molecule is CCc1ccsc1-c1c(N)cnn1C. The molecule has 74 valence electrons. The molecule has 0 saturated heterocycles. The summed E-state index contributed by atoms with van der Waals surface area (Å²) in [6.07, 6.45) is 2.73. The second kappa shape index (κ2) is 3.46. The predicted octanol–water partition coefficient (Wildman–Crippen LogP) is 2.29. The summed E-state index contributed by atoms with van der Waals surface area (Å²) < 4.78 is 1.83. The first-order valence-corrected chi connectivity index (χ1v) is 5.46. The largest absolute Gasteiger partial charge is 0.396 e. The van der Waals surface area contributed by atoms with Crippen LogP contribution < -0.4 is 5.73 Å². The number of anilines is 1. The van der Waals surface area contributed by atoms with E-state index in [0.29, 0.717) is 0 Å². The van der Waals surface area contributed by atoms with Gasteiger partial charge < -0.3 is 5.73 Å². The van der Waals surface area contributed by atoms with Crippen LogP contribution in [0.4, 0.5) is 5.69 Å². The Balaban J connectivity index is 2.59. The second-order valence-corrected chi connectivity index (χ2v) is 4.12. The Morgan fingerprint density at radius 2 is 2.36 bits per heavy atom. The predicted molar refractivity (Wildman–Crippen MR) is 60.3 cm³/mol. The molecule has 0 fully saturated rings. The standard InChI is InChI=1S/C10H13N3S/c1-3-7-4-5-14-10(7)9-8(11)6-12-13(9)2/h4-6H,3,11H2,1-2H3. The summed E-state index contributed by atoms with van der Waals surface area (Å²) in [4.78, 5) is 1.24. The van der Waals surface area contributed by atoms with Gasteiger partial charge in [-0.15, -0.1) is 11.3 Å². The van der Waals surface area contributed by atoms with Gasteiger partial charge in [0.15, 0.2) is 0 Å². The van der Waals surface area contributed by atoms with E-state index >= 15 is 0 Å². The minimum atomic E-state index is 0.754. The Labute approximate surface area is 87.2 Å². The average Bonchev–Trinajstić information content (AvgIpc) is 2.73. The van der Waals surface area contributed by atoms with Crippen molar-refractivity contribution in [2.24, 2.45) is 7.05 Å². The molecule has 4 heteroatoms. The normalized spacial score (nSPS) is 10.7. The Kier molecular flexibility index (Phi) is 2.29. The highest BCUT2D eigenvalue weighted by Crippen LogP contribution is 2.33. The molecular weight excluding hydrogens is 194 g/mol. The third-order valence-electron chi connectivity index (χ3n) is 2.31. The number of nitrogens with zero attached hydrogens (tertiary/aromatic N) is 2. The van der Waals surface area contributed by atoms with Gasteiger partial charge in [-0.2, -0.15) is 5.10 Å². The van der Waals surface area contributed by atoms with E-state index in [1.54, 1.807) is 17.5 Å². The molecule has 2 aromatic heterocycles. The zero-order valence-corrected chi connectivity index (χ0v) is 9.14. The lowest BCUT2D eigenvalue weighted by molar-refractivity contribution is 0.776. The van der Waals surface area contributed by atoms with Crippen LogP contribution in [-0.4, -0.2) is 9.78 Å². The lowest BCUT2D eigenvalue weighted by Crippen LogP contribution is -1.96. The van der Waals surface area contributed by atoms with Crippen molar-refractivity contribution in [1.82, 2.24) is 9.78 Å². The number of nitrogens with two attached hydrogens (primary N) is 1. The van der Waals surface area contributed by atoms with Gasteiger partial charge in [-0.25, -0.2) is 0 Å². The summed E-state index contributed by atoms with van der Waals surface area (Å²) in [5.74, 6) is 0. The maximum Gasteiger partial charge on any atom is 0.101 e. The van der Waals surface area contributed by atoms with Crippen molar-refractivity contribution in [3.05, 3.63) is 23.2 Å². The molecule has 2 N–H and O–H groups in total. The first-order chi connectivity index (χ1) is 6.74. The van der Waals surface area contributed by atoms with Gasteiger partial charge in [0.2, 0.25) is 0 Å². The van der Waals surface area contributed by atoms with Crippen LogP contribution in [-0.2, 0) is 13.5 Å². The van der Waals surface area contributed by atoms with E-state index in [9.17, 15) is 0 Å². The first-order valence-electron chi connectivity index (χ1n) is 4.58. The lowest BCUT2D eigenvalue weighted by Gasteiger charge is -2.03. The van der Waals surface area contributed by atoms with Crippen molar-refractivity contribution in [1.29, 1.82) is 0 Å². The molecule has 2 heterocycles. The summed E-state index contributed by atoms with van der Waals surface area (Å²) in [5.41, 5.74) is 9.01. The molecule has 0 aromatic carbocycles. The van der Waals surface area contributed by atoms with Crippen LogP contribution in [0.3, 0.4) is 0 Å². The maximum atomic E-state index is 5.88. The number of aryl methyl sites for hydroxylation is 2. The third kappa shape index (κ3) is 1.32. The molecule has 0 bridgehead atoms. The van der Waals surface area contributed by atoms with Gasteiger partial charge in [-0.3, -0.25) is 4.68 Å². The Hall–Kier alpha value is -1.29. The van der Waals surface area contributed by atoms with E-state index in [1.807, 2.05) is 11.7 Å². The molecule has 0 saturated carbocycles. The minimum absolute atomic E-state index is 0.754. The fourth-order valence-electron chi connectivity index (χ4n) is 1.55. The number of aromatic nitrogens is 2. The fourth-order valence-corrected chi connectivity index (χ4v) is 2.65. The summed E-state index contributed by atoms with van der Waals surface area (Å²) in [5, 5.41) is 6.24. The molecule has 0 spiro atoms. The number of hydrogen-bond acceptors (Lipinski definition) is 3.